The average Bonchev–Trinajstić information content (AvgIpc) is 3.14. The van der Waals surface area contributed by atoms with Gasteiger partial charge in [0.2, 0.25) is 5.78 Å². The maximum atomic E-state index is 13.0. The molecular formula is C26H22ClNO4. The number of nitrogens with zero attached hydrogens (tertiary/aromatic N) is 1. The Balaban J connectivity index is 1.38. The molecule has 3 aromatic carbocycles. The lowest BCUT2D eigenvalue weighted by molar-refractivity contribution is 0.0950. The lowest BCUT2D eigenvalue weighted by atomic mass is 10.0. The summed E-state index contributed by atoms with van der Waals surface area (Å²) in [6.45, 7) is 1.90. The summed E-state index contributed by atoms with van der Waals surface area (Å²) in [6, 6.07) is 19.0. The van der Waals surface area contributed by atoms with Gasteiger partial charge in [0, 0.05) is 23.7 Å². The number of ketones is 1. The van der Waals surface area contributed by atoms with Crippen LogP contribution in [0.25, 0.3) is 6.08 Å². The van der Waals surface area contributed by atoms with Crippen LogP contribution >= 0.6 is 11.6 Å². The van der Waals surface area contributed by atoms with Crippen LogP contribution in [0.4, 0.5) is 0 Å². The summed E-state index contributed by atoms with van der Waals surface area (Å²) in [4.78, 5) is 15.2. The molecule has 2 heterocycles. The fourth-order valence-electron chi connectivity index (χ4n) is 4.05. The second-order valence-corrected chi connectivity index (χ2v) is 8.18. The Morgan fingerprint density at radius 3 is 2.75 bits per heavy atom. The number of carbonyl (C=O) groups excluding carboxylic acids is 1. The highest BCUT2D eigenvalue weighted by atomic mass is 35.5. The minimum atomic E-state index is -0.137. The first kappa shape index (κ1) is 20.6. The molecule has 0 bridgehead atoms. The highest BCUT2D eigenvalue weighted by Crippen LogP contribution is 2.42. The summed E-state index contributed by atoms with van der Waals surface area (Å²) in [5, 5.41) is 0.770. The van der Waals surface area contributed by atoms with Crippen LogP contribution in [-0.2, 0) is 13.0 Å². The molecule has 0 unspecified atom stereocenters. The Labute approximate surface area is 191 Å². The van der Waals surface area contributed by atoms with Gasteiger partial charge in [-0.2, -0.15) is 0 Å². The molecule has 0 fully saturated rings. The minimum absolute atomic E-state index is 0.137. The van der Waals surface area contributed by atoms with Crippen LogP contribution < -0.4 is 14.2 Å². The molecule has 6 heteroatoms. The molecule has 0 spiro atoms. The topological polar surface area (TPSA) is 48.0 Å². The van der Waals surface area contributed by atoms with Gasteiger partial charge < -0.3 is 14.2 Å². The fourth-order valence-corrected chi connectivity index (χ4v) is 4.28. The number of allylic oxidation sites excluding steroid dienone is 1. The Kier molecular flexibility index (Phi) is 5.60. The van der Waals surface area contributed by atoms with Crippen LogP contribution in [0.3, 0.4) is 0 Å². The van der Waals surface area contributed by atoms with Crippen molar-refractivity contribution in [3.8, 4) is 17.2 Å². The number of fused-ring (bicyclic) bond motifs is 3. The van der Waals surface area contributed by atoms with Crippen LogP contribution in [0.5, 0.6) is 17.2 Å². The van der Waals surface area contributed by atoms with Gasteiger partial charge in [-0.3, -0.25) is 9.69 Å². The summed E-state index contributed by atoms with van der Waals surface area (Å²) in [6.07, 6.45) is 2.54. The molecule has 3 aromatic rings. The van der Waals surface area contributed by atoms with Gasteiger partial charge in [-0.05, 0) is 42.3 Å². The third-order valence-corrected chi connectivity index (χ3v) is 6.13. The van der Waals surface area contributed by atoms with E-state index in [4.69, 9.17) is 25.8 Å². The van der Waals surface area contributed by atoms with E-state index in [-0.39, 0.29) is 11.5 Å². The largest absolute Gasteiger partial charge is 0.496 e. The van der Waals surface area contributed by atoms with Crippen molar-refractivity contribution in [2.75, 3.05) is 20.4 Å². The Bertz CT molecular complexity index is 1220. The van der Waals surface area contributed by atoms with Gasteiger partial charge in [-0.25, -0.2) is 0 Å². The number of para-hydroxylation sites is 1. The number of halogens is 1. The van der Waals surface area contributed by atoms with E-state index in [1.165, 1.54) is 0 Å². The highest BCUT2D eigenvalue weighted by Gasteiger charge is 2.33. The van der Waals surface area contributed by atoms with Crippen molar-refractivity contribution in [2.45, 2.75) is 13.0 Å². The molecule has 2 aliphatic heterocycles. The third kappa shape index (κ3) is 3.85. The molecule has 0 aliphatic carbocycles. The van der Waals surface area contributed by atoms with E-state index in [1.54, 1.807) is 19.3 Å². The quantitative estimate of drug-likeness (QED) is 0.493. The third-order valence-electron chi connectivity index (χ3n) is 5.76. The number of benzene rings is 3. The fraction of sp³-hybridized carbons (Fsp3) is 0.192. The normalized spacial score (nSPS) is 16.3. The zero-order chi connectivity index (χ0) is 22.1. The molecule has 0 radical (unpaired) electrons. The molecular weight excluding hydrogens is 426 g/mol. The first-order valence-corrected chi connectivity index (χ1v) is 10.8. The zero-order valence-electron chi connectivity index (χ0n) is 17.6. The van der Waals surface area contributed by atoms with E-state index in [2.05, 4.69) is 4.90 Å². The van der Waals surface area contributed by atoms with Crippen molar-refractivity contribution in [1.82, 2.24) is 4.90 Å². The van der Waals surface area contributed by atoms with Crippen LogP contribution in [0.1, 0.15) is 27.0 Å². The maximum absolute atomic E-state index is 13.0. The molecule has 2 aliphatic rings. The van der Waals surface area contributed by atoms with Crippen LogP contribution in [0.2, 0.25) is 5.02 Å². The predicted octanol–water partition coefficient (Wildman–Crippen LogP) is 5.36. The van der Waals surface area contributed by atoms with Crippen LogP contribution in [0, 0.1) is 0 Å². The zero-order valence-corrected chi connectivity index (χ0v) is 18.4. The van der Waals surface area contributed by atoms with Crippen LogP contribution in [-0.4, -0.2) is 31.1 Å². The number of hydrogen-bond donors (Lipinski definition) is 0. The monoisotopic (exact) mass is 447 g/mol. The molecule has 5 nitrogen and oxygen atoms in total. The van der Waals surface area contributed by atoms with Crippen LogP contribution in [0.15, 0.2) is 66.4 Å². The van der Waals surface area contributed by atoms with Gasteiger partial charge in [-0.15, -0.1) is 0 Å². The minimum Gasteiger partial charge on any atom is -0.496 e. The maximum Gasteiger partial charge on any atom is 0.231 e. The summed E-state index contributed by atoms with van der Waals surface area (Å²) < 4.78 is 17.4. The first-order chi connectivity index (χ1) is 15.6. The standard InChI is InChI=1S/C26H22ClNO4/c1-30-22-9-5-3-7-18(22)14-24-25(29)19-10-11-23-20(26(19)32-24)15-28(16-31-23)13-12-17-6-2-4-8-21(17)27/h2-11,14H,12-13,15-16H2,1H3/b24-14-. The molecule has 0 amide bonds. The van der Waals surface area contributed by atoms with E-state index in [0.29, 0.717) is 30.3 Å². The lowest BCUT2D eigenvalue weighted by Gasteiger charge is -2.29. The first-order valence-electron chi connectivity index (χ1n) is 10.5. The van der Waals surface area contributed by atoms with Crippen molar-refractivity contribution in [3.05, 3.63) is 93.7 Å². The number of rotatable bonds is 5. The van der Waals surface area contributed by atoms with Crippen molar-refractivity contribution < 1.29 is 19.0 Å². The van der Waals surface area contributed by atoms with E-state index in [0.717, 1.165) is 40.4 Å². The average molecular weight is 448 g/mol. The van der Waals surface area contributed by atoms with Gasteiger partial charge in [0.25, 0.3) is 0 Å². The summed E-state index contributed by atoms with van der Waals surface area (Å²) >= 11 is 6.30. The number of ether oxygens (including phenoxy) is 3. The van der Waals surface area contributed by atoms with E-state index in [9.17, 15) is 4.79 Å². The number of methoxy groups -OCH3 is 1. The smallest absolute Gasteiger partial charge is 0.231 e. The second kappa shape index (κ2) is 8.69. The van der Waals surface area contributed by atoms with Gasteiger partial charge in [0.05, 0.1) is 18.2 Å². The predicted molar refractivity (Wildman–Crippen MR) is 123 cm³/mol. The van der Waals surface area contributed by atoms with Crippen molar-refractivity contribution in [2.24, 2.45) is 0 Å². The molecule has 0 atom stereocenters. The van der Waals surface area contributed by atoms with Gasteiger partial charge in [0.15, 0.2) is 5.76 Å². The lowest BCUT2D eigenvalue weighted by Crippen LogP contribution is -2.33. The highest BCUT2D eigenvalue weighted by molar-refractivity contribution is 6.31. The van der Waals surface area contributed by atoms with E-state index in [1.807, 2.05) is 54.6 Å². The number of Topliss-reactive ketones (excluding diaryl/α,β-unsaturated/α-hetero) is 1. The summed E-state index contributed by atoms with van der Waals surface area (Å²) in [5.41, 5.74) is 3.34. The summed E-state index contributed by atoms with van der Waals surface area (Å²) in [5.74, 6) is 2.16. The molecule has 0 saturated carbocycles. The SMILES string of the molecule is COc1ccccc1/C=C1\Oc2c(ccc3c2CN(CCc2ccccc2Cl)CO3)C1=O. The second-order valence-electron chi connectivity index (χ2n) is 7.77. The van der Waals surface area contributed by atoms with E-state index >= 15 is 0 Å². The molecule has 0 aromatic heterocycles. The molecule has 32 heavy (non-hydrogen) atoms. The van der Waals surface area contributed by atoms with E-state index < -0.39 is 0 Å². The molecule has 0 saturated heterocycles. The van der Waals surface area contributed by atoms with Crippen molar-refractivity contribution in [1.29, 1.82) is 0 Å². The molecule has 5 rings (SSSR count). The van der Waals surface area contributed by atoms with Gasteiger partial charge in [0.1, 0.15) is 24.0 Å². The Morgan fingerprint density at radius 1 is 1.09 bits per heavy atom. The Morgan fingerprint density at radius 2 is 1.91 bits per heavy atom. The van der Waals surface area contributed by atoms with Gasteiger partial charge >= 0.3 is 0 Å². The van der Waals surface area contributed by atoms with Gasteiger partial charge in [-0.1, -0.05) is 48.0 Å². The van der Waals surface area contributed by atoms with Crippen molar-refractivity contribution >= 4 is 23.5 Å². The number of hydrogen-bond acceptors (Lipinski definition) is 5. The van der Waals surface area contributed by atoms with Crippen molar-refractivity contribution in [3.63, 3.8) is 0 Å². The summed E-state index contributed by atoms with van der Waals surface area (Å²) in [7, 11) is 1.61. The Hall–Kier alpha value is -3.28. The molecule has 0 N–H and O–H groups in total. The number of carbonyl (C=O) groups is 1. The molecule has 162 valence electrons.